The molecule has 2 rings (SSSR count). The fraction of sp³-hybridized carbons (Fsp3) is 1.00. The minimum Gasteiger partial charge on any atom is -0.295 e. The second-order valence-electron chi connectivity index (χ2n) is 8.80. The van der Waals surface area contributed by atoms with Gasteiger partial charge in [-0.05, 0) is 65.7 Å². The lowest BCUT2D eigenvalue weighted by molar-refractivity contribution is -0.314. The van der Waals surface area contributed by atoms with Crippen molar-refractivity contribution in [2.24, 2.45) is 5.92 Å². The molecule has 0 unspecified atom stereocenters. The number of nitrogens with zero attached hydrogens (tertiary/aromatic N) is 1. The third-order valence-electron chi connectivity index (χ3n) is 5.52. The van der Waals surface area contributed by atoms with Crippen LogP contribution >= 0.6 is 0 Å². The summed E-state index contributed by atoms with van der Waals surface area (Å²) < 4.78 is 0. The maximum Gasteiger partial charge on any atom is 0.0793 e. The number of hydrogen-bond acceptors (Lipinski definition) is 2. The van der Waals surface area contributed by atoms with E-state index >= 15 is 0 Å². The lowest BCUT2D eigenvalue weighted by Crippen LogP contribution is -2.61. The average Bonchev–Trinajstić information content (AvgIpc) is 2.44. The van der Waals surface area contributed by atoms with Crippen molar-refractivity contribution >= 4 is 0 Å². The molecule has 0 spiro atoms. The second-order valence-corrected chi connectivity index (χ2v) is 8.80. The Kier molecular flexibility index (Phi) is 6.32. The summed E-state index contributed by atoms with van der Waals surface area (Å²) in [5.74, 6) is 0.780. The quantitative estimate of drug-likeness (QED) is 0.649. The predicted molar refractivity (Wildman–Crippen MR) is 92.5 cm³/mol. The van der Waals surface area contributed by atoms with Crippen molar-refractivity contribution in [1.29, 1.82) is 0 Å². The van der Waals surface area contributed by atoms with Crippen LogP contribution in [0.3, 0.4) is 0 Å². The monoisotopic (exact) mass is 309 g/mol. The van der Waals surface area contributed by atoms with Gasteiger partial charge in [0.15, 0.2) is 0 Å². The molecule has 22 heavy (non-hydrogen) atoms. The lowest BCUT2D eigenvalue weighted by atomic mass is 9.73. The van der Waals surface area contributed by atoms with E-state index in [2.05, 4.69) is 32.8 Å². The van der Waals surface area contributed by atoms with Gasteiger partial charge in [-0.3, -0.25) is 10.6 Å². The number of nitrogens with one attached hydrogen (secondary N) is 1. The first-order valence-electron chi connectivity index (χ1n) is 9.47. The maximum absolute atomic E-state index is 7.32. The van der Waals surface area contributed by atoms with Gasteiger partial charge in [0.1, 0.15) is 0 Å². The third kappa shape index (κ3) is 4.69. The van der Waals surface area contributed by atoms with E-state index in [1.165, 1.54) is 57.8 Å². The molecular weight excluding hydrogens is 272 g/mol. The molecule has 0 bridgehead atoms. The molecule has 3 heteroatoms. The zero-order valence-electron chi connectivity index (χ0n) is 15.3. The number of piperidine rings is 1. The number of unbranched alkanes of at least 4 members (excludes halogenated alkanes) is 1. The Labute approximate surface area is 137 Å². The molecule has 3 nitrogen and oxygen atoms in total. The lowest BCUT2D eigenvalue weighted by Gasteiger charge is -2.55. The highest BCUT2D eigenvalue weighted by molar-refractivity contribution is 4.96. The van der Waals surface area contributed by atoms with Gasteiger partial charge in [0.25, 0.3) is 0 Å². The Morgan fingerprint density at radius 2 is 1.55 bits per heavy atom. The summed E-state index contributed by atoms with van der Waals surface area (Å²) in [6, 6.07) is 0. The first-order chi connectivity index (χ1) is 10.3. The standard InChI is InChI=1S/C19H37N2O/c1-18(2)14-16(10-8-9-13-20)15-19(3,4)21(18)22-17-11-6-5-7-12-17/h16-17,20H,5-15H2,1-4H3. The Hall–Kier alpha value is -0.120. The van der Waals surface area contributed by atoms with Crippen LogP contribution in [0.25, 0.3) is 0 Å². The summed E-state index contributed by atoms with van der Waals surface area (Å²) in [5.41, 5.74) is 7.55. The highest BCUT2D eigenvalue weighted by atomic mass is 16.7. The fourth-order valence-electron chi connectivity index (χ4n) is 4.84. The SMILES string of the molecule is CC1(C)CC(CCCC[NH])CC(C)(C)N1OC1CCCCC1. The predicted octanol–water partition coefficient (Wildman–Crippen LogP) is 4.97. The zero-order chi connectivity index (χ0) is 16.2. The van der Waals surface area contributed by atoms with Crippen LogP contribution in [0, 0.1) is 5.92 Å². The zero-order valence-corrected chi connectivity index (χ0v) is 15.3. The van der Waals surface area contributed by atoms with Gasteiger partial charge in [-0.25, -0.2) is 0 Å². The molecule has 1 radical (unpaired) electrons. The Morgan fingerprint density at radius 1 is 0.955 bits per heavy atom. The van der Waals surface area contributed by atoms with Gasteiger partial charge in [0, 0.05) is 17.6 Å². The smallest absolute Gasteiger partial charge is 0.0793 e. The Bertz CT molecular complexity index is 316. The second kappa shape index (κ2) is 7.63. The minimum absolute atomic E-state index is 0.116. The van der Waals surface area contributed by atoms with E-state index in [1.54, 1.807) is 0 Å². The molecule has 0 aromatic heterocycles. The molecule has 0 atom stereocenters. The van der Waals surface area contributed by atoms with Gasteiger partial charge in [-0.1, -0.05) is 32.1 Å². The first-order valence-corrected chi connectivity index (χ1v) is 9.47. The molecule has 1 aliphatic heterocycles. The van der Waals surface area contributed by atoms with E-state index in [1.807, 2.05) is 0 Å². The van der Waals surface area contributed by atoms with Crippen LogP contribution < -0.4 is 5.73 Å². The van der Waals surface area contributed by atoms with Crippen molar-refractivity contribution in [3.8, 4) is 0 Å². The van der Waals surface area contributed by atoms with Gasteiger partial charge in [0.05, 0.1) is 6.10 Å². The van der Waals surface area contributed by atoms with E-state index in [0.29, 0.717) is 12.6 Å². The topological polar surface area (TPSA) is 36.3 Å². The molecule has 2 fully saturated rings. The van der Waals surface area contributed by atoms with Crippen molar-refractivity contribution in [2.45, 2.75) is 109 Å². The molecular formula is C19H37N2O. The van der Waals surface area contributed by atoms with Gasteiger partial charge < -0.3 is 0 Å². The molecule has 1 aliphatic carbocycles. The van der Waals surface area contributed by atoms with E-state index in [4.69, 9.17) is 10.6 Å². The summed E-state index contributed by atoms with van der Waals surface area (Å²) in [7, 11) is 0. The number of hydroxylamine groups is 2. The van der Waals surface area contributed by atoms with E-state index < -0.39 is 0 Å². The molecule has 1 saturated carbocycles. The summed E-state index contributed by atoms with van der Waals surface area (Å²) in [5, 5.41) is 2.36. The van der Waals surface area contributed by atoms with Crippen LogP contribution in [-0.4, -0.2) is 28.8 Å². The third-order valence-corrected chi connectivity index (χ3v) is 5.52. The van der Waals surface area contributed by atoms with Gasteiger partial charge in [0.2, 0.25) is 0 Å². The van der Waals surface area contributed by atoms with Crippen LogP contribution in [0.2, 0.25) is 0 Å². The van der Waals surface area contributed by atoms with Crippen molar-refractivity contribution in [1.82, 2.24) is 10.8 Å². The van der Waals surface area contributed by atoms with Gasteiger partial charge in [-0.15, -0.1) is 0 Å². The summed E-state index contributed by atoms with van der Waals surface area (Å²) >= 11 is 0. The van der Waals surface area contributed by atoms with Crippen molar-refractivity contribution in [2.75, 3.05) is 6.54 Å². The van der Waals surface area contributed by atoms with Crippen LogP contribution in [0.1, 0.15) is 91.9 Å². The fourth-order valence-corrected chi connectivity index (χ4v) is 4.84. The minimum atomic E-state index is 0.116. The average molecular weight is 310 g/mol. The molecule has 0 amide bonds. The Balaban J connectivity index is 1.97. The molecule has 1 saturated heterocycles. The number of rotatable bonds is 6. The number of hydrogen-bond donors (Lipinski definition) is 0. The summed E-state index contributed by atoms with van der Waals surface area (Å²) in [6.45, 7) is 10.0. The van der Waals surface area contributed by atoms with Crippen LogP contribution in [-0.2, 0) is 4.84 Å². The highest BCUT2D eigenvalue weighted by Crippen LogP contribution is 2.44. The summed E-state index contributed by atoms with van der Waals surface area (Å²) in [4.78, 5) is 6.54. The van der Waals surface area contributed by atoms with Gasteiger partial charge in [-0.2, -0.15) is 5.06 Å². The van der Waals surface area contributed by atoms with Crippen LogP contribution in [0.5, 0.6) is 0 Å². The highest BCUT2D eigenvalue weighted by Gasteiger charge is 2.47. The molecule has 0 aromatic rings. The normalized spacial score (nSPS) is 27.1. The maximum atomic E-state index is 7.32. The Morgan fingerprint density at radius 3 is 2.09 bits per heavy atom. The first kappa shape index (κ1) is 18.2. The molecule has 1 N–H and O–H groups in total. The van der Waals surface area contributed by atoms with Crippen molar-refractivity contribution < 1.29 is 4.84 Å². The van der Waals surface area contributed by atoms with Crippen LogP contribution in [0.4, 0.5) is 0 Å². The molecule has 129 valence electrons. The van der Waals surface area contributed by atoms with E-state index in [9.17, 15) is 0 Å². The van der Waals surface area contributed by atoms with Crippen molar-refractivity contribution in [3.05, 3.63) is 0 Å². The van der Waals surface area contributed by atoms with E-state index in [0.717, 1.165) is 12.3 Å². The van der Waals surface area contributed by atoms with E-state index in [-0.39, 0.29) is 11.1 Å². The van der Waals surface area contributed by atoms with Gasteiger partial charge >= 0.3 is 0 Å². The van der Waals surface area contributed by atoms with Crippen molar-refractivity contribution in [3.63, 3.8) is 0 Å². The largest absolute Gasteiger partial charge is 0.295 e. The summed E-state index contributed by atoms with van der Waals surface area (Å²) in [6.07, 6.45) is 12.9. The molecule has 1 heterocycles. The molecule has 0 aromatic carbocycles. The molecule has 2 aliphatic rings. The van der Waals surface area contributed by atoms with Crippen LogP contribution in [0.15, 0.2) is 0 Å².